The summed E-state index contributed by atoms with van der Waals surface area (Å²) in [5, 5.41) is 33.5. The molecule has 1 amide bonds. The molecule has 42 heavy (non-hydrogen) atoms. The predicted molar refractivity (Wildman–Crippen MR) is 163 cm³/mol. The minimum Gasteiger partial charge on any atom is -0.394 e. The number of ether oxygens (including phenoxy) is 2. The fraction of sp³-hybridized carbons (Fsp3) is 0.914. The summed E-state index contributed by atoms with van der Waals surface area (Å²) in [6.07, 6.45) is 11.5. The van der Waals surface area contributed by atoms with E-state index >= 15 is 0 Å². The van der Waals surface area contributed by atoms with Crippen molar-refractivity contribution in [2.45, 2.75) is 149 Å². The third-order valence-corrected chi connectivity index (χ3v) is 12.8. The molecule has 3 saturated carbocycles. The number of hydrogen-bond donors (Lipinski definition) is 4. The standard InChI is InChI=1S/C35H59NO6/c1-20(2)8-7-9-21(3)26-12-13-27-25-11-10-23-18-24(14-16-34(23,5)28(25)15-17-35(26,27)6)41-33-30(36-22(4)38)32(40)31(39)29(19-37)42-33/h10,20-21,24-33,37,39-40H,7-9,11-19H2,1-6H3,(H,36,38)/t21-,24+,25+,26-,27+,28-,29-,30-,31-,32-,33-,34+,35-/m1/s1. The van der Waals surface area contributed by atoms with Crippen LogP contribution in [-0.4, -0.2) is 64.6 Å². The quantitative estimate of drug-likeness (QED) is 0.270. The topological polar surface area (TPSA) is 108 Å². The van der Waals surface area contributed by atoms with E-state index in [0.717, 1.165) is 54.8 Å². The molecule has 4 aliphatic carbocycles. The van der Waals surface area contributed by atoms with E-state index in [-0.39, 0.29) is 17.4 Å². The minimum absolute atomic E-state index is 0.0969. The van der Waals surface area contributed by atoms with Crippen molar-refractivity contribution in [3.05, 3.63) is 11.6 Å². The average Bonchev–Trinajstić information content (AvgIpc) is 3.29. The van der Waals surface area contributed by atoms with Crippen LogP contribution in [0.5, 0.6) is 0 Å². The maximum atomic E-state index is 11.9. The van der Waals surface area contributed by atoms with Crippen LogP contribution in [0.2, 0.25) is 0 Å². The maximum absolute atomic E-state index is 11.9. The van der Waals surface area contributed by atoms with Gasteiger partial charge in [0.25, 0.3) is 0 Å². The molecule has 13 atom stereocenters. The van der Waals surface area contributed by atoms with Gasteiger partial charge in [-0.25, -0.2) is 0 Å². The van der Waals surface area contributed by atoms with Crippen molar-refractivity contribution in [1.29, 1.82) is 0 Å². The molecule has 4 fully saturated rings. The monoisotopic (exact) mass is 589 g/mol. The molecule has 0 bridgehead atoms. The van der Waals surface area contributed by atoms with Gasteiger partial charge < -0.3 is 30.1 Å². The summed E-state index contributed by atoms with van der Waals surface area (Å²) >= 11 is 0. The van der Waals surface area contributed by atoms with Crippen LogP contribution in [0.25, 0.3) is 0 Å². The third kappa shape index (κ3) is 5.99. The number of aliphatic hydroxyl groups is 3. The van der Waals surface area contributed by atoms with Gasteiger partial charge in [-0.2, -0.15) is 0 Å². The van der Waals surface area contributed by atoms with Gasteiger partial charge in [0.15, 0.2) is 6.29 Å². The number of nitrogens with one attached hydrogen (secondary N) is 1. The molecule has 240 valence electrons. The molecule has 5 rings (SSSR count). The second-order valence-electron chi connectivity index (χ2n) is 15.7. The normalized spacial score (nSPS) is 45.9. The van der Waals surface area contributed by atoms with E-state index in [2.05, 4.69) is 46.0 Å². The number of aliphatic hydroxyl groups excluding tert-OH is 3. The fourth-order valence-corrected chi connectivity index (χ4v) is 10.5. The Balaban J connectivity index is 1.26. The average molecular weight is 590 g/mol. The second-order valence-corrected chi connectivity index (χ2v) is 15.7. The Morgan fingerprint density at radius 2 is 1.83 bits per heavy atom. The molecule has 0 aromatic heterocycles. The largest absolute Gasteiger partial charge is 0.394 e. The van der Waals surface area contributed by atoms with E-state index < -0.39 is 37.3 Å². The maximum Gasteiger partial charge on any atom is 0.217 e. The minimum atomic E-state index is -1.30. The van der Waals surface area contributed by atoms with Gasteiger partial charge in [0.2, 0.25) is 5.91 Å². The molecule has 1 heterocycles. The van der Waals surface area contributed by atoms with Crippen LogP contribution in [0, 0.1) is 46.3 Å². The van der Waals surface area contributed by atoms with Gasteiger partial charge in [-0.05, 0) is 97.7 Å². The van der Waals surface area contributed by atoms with Crippen molar-refractivity contribution >= 4 is 5.91 Å². The Morgan fingerprint density at radius 3 is 2.52 bits per heavy atom. The van der Waals surface area contributed by atoms with Crippen LogP contribution in [0.1, 0.15) is 112 Å². The Hall–Kier alpha value is -0.990. The summed E-state index contributed by atoms with van der Waals surface area (Å²) in [4.78, 5) is 11.9. The highest BCUT2D eigenvalue weighted by molar-refractivity contribution is 5.73. The molecule has 0 aromatic rings. The van der Waals surface area contributed by atoms with Gasteiger partial charge in [-0.15, -0.1) is 0 Å². The van der Waals surface area contributed by atoms with E-state index in [1.54, 1.807) is 0 Å². The van der Waals surface area contributed by atoms with Crippen molar-refractivity contribution in [3.8, 4) is 0 Å². The van der Waals surface area contributed by atoms with Gasteiger partial charge in [0.05, 0.1) is 12.7 Å². The Bertz CT molecular complexity index is 985. The number of fused-ring (bicyclic) bond motifs is 5. The number of amides is 1. The van der Waals surface area contributed by atoms with Crippen LogP contribution in [-0.2, 0) is 14.3 Å². The van der Waals surface area contributed by atoms with Gasteiger partial charge in [-0.1, -0.05) is 65.5 Å². The molecular formula is C35H59NO6. The van der Waals surface area contributed by atoms with E-state index in [0.29, 0.717) is 5.41 Å². The number of carbonyl (C=O) groups excluding carboxylic acids is 1. The first-order valence-electron chi connectivity index (χ1n) is 17.1. The highest BCUT2D eigenvalue weighted by atomic mass is 16.7. The molecule has 0 spiro atoms. The van der Waals surface area contributed by atoms with Crippen LogP contribution >= 0.6 is 0 Å². The number of carbonyl (C=O) groups is 1. The highest BCUT2D eigenvalue weighted by Crippen LogP contribution is 2.67. The molecule has 1 aliphatic heterocycles. The van der Waals surface area contributed by atoms with E-state index in [9.17, 15) is 20.1 Å². The van der Waals surface area contributed by atoms with Gasteiger partial charge >= 0.3 is 0 Å². The third-order valence-electron chi connectivity index (χ3n) is 12.8. The van der Waals surface area contributed by atoms with Gasteiger partial charge in [0, 0.05) is 6.92 Å². The van der Waals surface area contributed by atoms with Crippen LogP contribution < -0.4 is 5.32 Å². The van der Waals surface area contributed by atoms with Gasteiger partial charge in [-0.3, -0.25) is 4.79 Å². The molecule has 0 radical (unpaired) electrons. The Kier molecular flexibility index (Phi) is 9.86. The molecule has 7 nitrogen and oxygen atoms in total. The summed E-state index contributed by atoms with van der Waals surface area (Å²) in [5.74, 6) is 4.48. The van der Waals surface area contributed by atoms with Crippen LogP contribution in [0.3, 0.4) is 0 Å². The van der Waals surface area contributed by atoms with Gasteiger partial charge in [0.1, 0.15) is 24.4 Å². The summed E-state index contributed by atoms with van der Waals surface area (Å²) in [5.41, 5.74) is 2.18. The molecule has 5 aliphatic rings. The fourth-order valence-electron chi connectivity index (χ4n) is 10.5. The molecule has 1 saturated heterocycles. The van der Waals surface area contributed by atoms with Crippen LogP contribution in [0.4, 0.5) is 0 Å². The highest BCUT2D eigenvalue weighted by Gasteiger charge is 2.59. The Morgan fingerprint density at radius 1 is 1.07 bits per heavy atom. The smallest absolute Gasteiger partial charge is 0.217 e. The van der Waals surface area contributed by atoms with E-state index in [1.807, 2.05) is 0 Å². The van der Waals surface area contributed by atoms with Crippen molar-refractivity contribution in [3.63, 3.8) is 0 Å². The summed E-state index contributed by atoms with van der Waals surface area (Å²) in [7, 11) is 0. The summed E-state index contributed by atoms with van der Waals surface area (Å²) < 4.78 is 12.3. The number of allylic oxidation sites excluding steroid dienone is 1. The SMILES string of the molecule is CC(=O)N[C@H]1[C@H](O[C@H]2CC[C@@]3(C)C(=CC[C@@H]4[C@H]3CC[C@]3(C)[C@@H]([C@H](C)CCCC(C)C)CC[C@@H]43)C2)O[C@H](CO)[C@@H](O)[C@@H]1O. The van der Waals surface area contributed by atoms with Crippen molar-refractivity contribution in [2.24, 2.45) is 46.3 Å². The lowest BCUT2D eigenvalue weighted by Gasteiger charge is -2.58. The first kappa shape index (κ1) is 32.4. The van der Waals surface area contributed by atoms with Crippen molar-refractivity contribution in [2.75, 3.05) is 6.61 Å². The van der Waals surface area contributed by atoms with Crippen LogP contribution in [0.15, 0.2) is 11.6 Å². The van der Waals surface area contributed by atoms with E-state index in [4.69, 9.17) is 9.47 Å². The molecule has 4 N–H and O–H groups in total. The Labute approximate surface area is 254 Å². The lowest BCUT2D eigenvalue weighted by molar-refractivity contribution is -0.284. The van der Waals surface area contributed by atoms with E-state index in [1.165, 1.54) is 63.9 Å². The second kappa shape index (κ2) is 12.8. The summed E-state index contributed by atoms with van der Waals surface area (Å²) in [6, 6.07) is -0.891. The van der Waals surface area contributed by atoms with Crippen molar-refractivity contribution in [1.82, 2.24) is 5.32 Å². The predicted octanol–water partition coefficient (Wildman–Crippen LogP) is 5.36. The lowest BCUT2D eigenvalue weighted by Crippen LogP contribution is -2.65. The number of rotatable bonds is 9. The zero-order chi connectivity index (χ0) is 30.4. The molecule has 0 unspecified atom stereocenters. The number of hydrogen-bond acceptors (Lipinski definition) is 6. The zero-order valence-electron chi connectivity index (χ0n) is 27.1. The molecule has 0 aromatic carbocycles. The molecule has 7 heteroatoms. The first-order valence-corrected chi connectivity index (χ1v) is 17.1. The first-order chi connectivity index (χ1) is 19.9. The lowest BCUT2D eigenvalue weighted by atomic mass is 9.47. The summed E-state index contributed by atoms with van der Waals surface area (Å²) in [6.45, 7) is 13.3. The molecular weight excluding hydrogens is 530 g/mol. The zero-order valence-corrected chi connectivity index (χ0v) is 27.1. The van der Waals surface area contributed by atoms with Crippen molar-refractivity contribution < 1.29 is 29.6 Å².